The van der Waals surface area contributed by atoms with Crippen molar-refractivity contribution in [1.29, 1.82) is 10.5 Å². The van der Waals surface area contributed by atoms with E-state index in [1.807, 2.05) is 32.2 Å². The Morgan fingerprint density at radius 3 is 1.41 bits per heavy atom. The number of ketones is 2. The highest BCUT2D eigenvalue weighted by atomic mass is 28.3. The van der Waals surface area contributed by atoms with Crippen LogP contribution in [0.4, 0.5) is 0 Å². The molecule has 4 aromatic heterocycles. The largest absolute Gasteiger partial charge is 0.493 e. The van der Waals surface area contributed by atoms with Crippen molar-refractivity contribution in [3.8, 4) is 69.2 Å². The Kier molecular flexibility index (Phi) is 16.0. The predicted molar refractivity (Wildman–Crippen MR) is 265 cm³/mol. The number of hydrogen-bond acceptors (Lipinski definition) is 14. The Balaban J connectivity index is 0.000000265. The van der Waals surface area contributed by atoms with Crippen molar-refractivity contribution in [1.82, 2.24) is 29.2 Å². The number of nitrogens with zero attached hydrogens (tertiary/aromatic N) is 7. The molecule has 0 saturated heterocycles. The number of Topliss-reactive ketones (excluding diaryl/α,β-unsaturated/α-hetero) is 2. The maximum Gasteiger partial charge on any atom is 0.203 e. The lowest BCUT2D eigenvalue weighted by Crippen LogP contribution is -2.51. The smallest absolute Gasteiger partial charge is 0.203 e. The first-order chi connectivity index (χ1) is 32.2. The number of fused-ring (bicyclic) bond motifs is 2. The fraction of sp³-hybridized carbons (Fsp3) is 0.451. The average Bonchev–Trinajstić information content (AvgIpc) is 3.91. The molecule has 17 heteroatoms. The van der Waals surface area contributed by atoms with Gasteiger partial charge in [0.15, 0.2) is 54.1 Å². The van der Waals surface area contributed by atoms with E-state index in [0.717, 1.165) is 5.56 Å². The van der Waals surface area contributed by atoms with Gasteiger partial charge in [-0.2, -0.15) is 10.5 Å². The van der Waals surface area contributed by atoms with Gasteiger partial charge in [-0.3, -0.25) is 9.59 Å². The van der Waals surface area contributed by atoms with Gasteiger partial charge in [-0.1, -0.05) is 69.2 Å². The van der Waals surface area contributed by atoms with Crippen molar-refractivity contribution in [2.24, 2.45) is 10.8 Å². The molecule has 0 fully saturated rings. The van der Waals surface area contributed by atoms with E-state index in [4.69, 9.17) is 43.7 Å². The molecule has 0 aliphatic carbocycles. The zero-order valence-electron chi connectivity index (χ0n) is 42.2. The van der Waals surface area contributed by atoms with Crippen LogP contribution in [0.5, 0.6) is 34.5 Å². The van der Waals surface area contributed by atoms with E-state index in [0.29, 0.717) is 102 Å². The number of nitrogens with one attached hydrogen (secondary N) is 1. The number of carbonyl (C=O) groups excluding carboxylic acids is 2. The summed E-state index contributed by atoms with van der Waals surface area (Å²) < 4.78 is 35.1. The topological polar surface area (TPSA) is 209 Å². The Morgan fingerprint density at radius 2 is 1.03 bits per heavy atom. The van der Waals surface area contributed by atoms with Crippen LogP contribution in [0, 0.1) is 33.5 Å². The molecule has 0 atom stereocenters. The van der Waals surface area contributed by atoms with Crippen molar-refractivity contribution in [2.75, 3.05) is 42.7 Å². The maximum absolute atomic E-state index is 14.0. The van der Waals surface area contributed by atoms with Crippen LogP contribution in [-0.2, 0) is 0 Å². The van der Waals surface area contributed by atoms with E-state index in [-0.39, 0.29) is 24.4 Å². The fourth-order valence-corrected chi connectivity index (χ4v) is 15.9. The lowest BCUT2D eigenvalue weighted by molar-refractivity contribution is 0.0838. The molecule has 68 heavy (non-hydrogen) atoms. The van der Waals surface area contributed by atoms with Crippen LogP contribution in [0.3, 0.4) is 0 Å². The summed E-state index contributed by atoms with van der Waals surface area (Å²) in [6.45, 7) is 20.8. The molecular weight excluding hydrogens is 881 g/mol. The second-order valence-electron chi connectivity index (χ2n) is 18.8. The SMILES string of the molecule is COc1cc(-c2cnc3[nH]cc(C(=O)C(C)(C)CC#N)c3n2)cc(OC)c1OC.COc1cc(-c2cnc3c(n2)c(C(=O)C(C)(C)CC#N)cn3[Si](C(C)C)(C(C)C)C(C)C)cc(OC)c1OC. The van der Waals surface area contributed by atoms with Gasteiger partial charge in [0.05, 0.1) is 89.7 Å². The minimum Gasteiger partial charge on any atom is -0.493 e. The molecule has 2 aromatic carbocycles. The fourth-order valence-electron chi connectivity index (χ4n) is 9.37. The van der Waals surface area contributed by atoms with Gasteiger partial charge < -0.3 is 37.6 Å². The van der Waals surface area contributed by atoms with E-state index < -0.39 is 19.1 Å². The molecule has 0 spiro atoms. The van der Waals surface area contributed by atoms with Crippen LogP contribution < -0.4 is 28.4 Å². The molecule has 0 saturated carbocycles. The Labute approximate surface area is 400 Å². The van der Waals surface area contributed by atoms with Crippen LogP contribution in [-0.4, -0.2) is 91.6 Å². The normalized spacial score (nSPS) is 11.8. The van der Waals surface area contributed by atoms with Crippen molar-refractivity contribution in [3.05, 3.63) is 60.2 Å². The average molecular weight is 945 g/mol. The molecule has 0 aliphatic rings. The van der Waals surface area contributed by atoms with E-state index in [2.05, 4.69) is 72.9 Å². The van der Waals surface area contributed by atoms with E-state index in [1.165, 1.54) is 21.3 Å². The zero-order valence-corrected chi connectivity index (χ0v) is 43.2. The van der Waals surface area contributed by atoms with E-state index in [9.17, 15) is 14.9 Å². The summed E-state index contributed by atoms with van der Waals surface area (Å²) in [5.41, 5.74) is 5.15. The van der Waals surface area contributed by atoms with Crippen LogP contribution in [0.15, 0.2) is 49.1 Å². The number of H-pyrrole nitrogens is 1. The monoisotopic (exact) mass is 944 g/mol. The Morgan fingerprint density at radius 1 is 0.632 bits per heavy atom. The second kappa shape index (κ2) is 20.9. The maximum atomic E-state index is 14.0. The van der Waals surface area contributed by atoms with Gasteiger partial charge >= 0.3 is 0 Å². The van der Waals surface area contributed by atoms with Gasteiger partial charge in [0.25, 0.3) is 0 Å². The van der Waals surface area contributed by atoms with Crippen LogP contribution in [0.1, 0.15) is 103 Å². The molecular formula is C51H64N8O8Si. The Bertz CT molecular complexity index is 2830. The number of rotatable bonds is 18. The second-order valence-corrected chi connectivity index (χ2v) is 24.5. The van der Waals surface area contributed by atoms with Crippen LogP contribution >= 0.6 is 0 Å². The number of nitriles is 2. The van der Waals surface area contributed by atoms with Gasteiger partial charge in [0, 0.05) is 47.2 Å². The molecule has 16 nitrogen and oxygen atoms in total. The molecule has 0 radical (unpaired) electrons. The molecule has 4 heterocycles. The number of benzene rings is 2. The molecule has 1 N–H and O–H groups in total. The minimum atomic E-state index is -2.27. The quantitative estimate of drug-likeness (QED) is 0.0628. The number of ether oxygens (including phenoxy) is 6. The predicted octanol–water partition coefficient (Wildman–Crippen LogP) is 11.0. The first-order valence-corrected chi connectivity index (χ1v) is 24.5. The van der Waals surface area contributed by atoms with Crippen molar-refractivity contribution >= 4 is 42.1 Å². The number of aromatic nitrogens is 6. The molecule has 0 unspecified atom stereocenters. The highest BCUT2D eigenvalue weighted by Gasteiger charge is 2.47. The van der Waals surface area contributed by atoms with Gasteiger partial charge in [-0.15, -0.1) is 0 Å². The molecule has 0 amide bonds. The van der Waals surface area contributed by atoms with Gasteiger partial charge in [-0.05, 0) is 40.9 Å². The first-order valence-electron chi connectivity index (χ1n) is 22.3. The number of hydrogen-bond donors (Lipinski definition) is 1. The summed E-state index contributed by atoms with van der Waals surface area (Å²) in [6, 6.07) is 11.4. The third-order valence-electron chi connectivity index (χ3n) is 12.7. The van der Waals surface area contributed by atoms with Crippen molar-refractivity contribution in [2.45, 2.75) is 98.7 Å². The van der Waals surface area contributed by atoms with Crippen molar-refractivity contribution in [3.63, 3.8) is 0 Å². The highest BCUT2D eigenvalue weighted by molar-refractivity contribution is 6.82. The van der Waals surface area contributed by atoms with Crippen LogP contribution in [0.2, 0.25) is 16.6 Å². The molecule has 0 bridgehead atoms. The Hall–Kier alpha value is -6.98. The van der Waals surface area contributed by atoms with Crippen molar-refractivity contribution < 1.29 is 38.0 Å². The van der Waals surface area contributed by atoms with E-state index in [1.54, 1.807) is 65.9 Å². The summed E-state index contributed by atoms with van der Waals surface area (Å²) in [5, 5.41) is 18.5. The molecule has 360 valence electrons. The van der Waals surface area contributed by atoms with Crippen LogP contribution in [0.25, 0.3) is 44.8 Å². The summed E-state index contributed by atoms with van der Waals surface area (Å²) in [6.07, 6.45) is 7.14. The van der Waals surface area contributed by atoms with Gasteiger partial charge in [-0.25, -0.2) is 19.9 Å². The number of carbonyl (C=O) groups is 2. The van der Waals surface area contributed by atoms with Gasteiger partial charge in [0.2, 0.25) is 11.5 Å². The summed E-state index contributed by atoms with van der Waals surface area (Å²) in [5.74, 6) is 2.67. The number of aromatic amines is 1. The minimum absolute atomic E-state index is 0.108. The number of methoxy groups -OCH3 is 6. The molecule has 6 rings (SSSR count). The molecule has 0 aliphatic heterocycles. The summed E-state index contributed by atoms with van der Waals surface area (Å²) >= 11 is 0. The first kappa shape index (κ1) is 52.0. The third-order valence-corrected chi connectivity index (χ3v) is 19.5. The highest BCUT2D eigenvalue weighted by Crippen LogP contribution is 2.46. The summed E-state index contributed by atoms with van der Waals surface area (Å²) in [7, 11) is 7.04. The third kappa shape index (κ3) is 9.58. The standard InChI is InChI=1S/C30H42N4O4Si.C21H22N4O4/c1-18(2)39(19(3)4,20(5)6)34-17-22(28(35)30(7,8)12-13-31)26-29(34)32-16-23(33-26)21-14-24(36-9)27(38-11)25(15-21)37-10;1-21(2,6-7-22)19(26)13-10-23-20-17(13)25-14(11-24-20)12-8-15(27-3)18(29-5)16(9-12)28-4/h14-20H,12H2,1-11H3;8-11H,6H2,1-5H3,(H,23,24). The zero-order chi connectivity index (χ0) is 50.5. The summed E-state index contributed by atoms with van der Waals surface area (Å²) in [4.78, 5) is 49.0. The lowest BCUT2D eigenvalue weighted by atomic mass is 9.82. The molecule has 6 aromatic rings. The van der Waals surface area contributed by atoms with Gasteiger partial charge in [0.1, 0.15) is 11.0 Å². The van der Waals surface area contributed by atoms with E-state index >= 15 is 0 Å². The lowest BCUT2D eigenvalue weighted by Gasteiger charge is -2.44.